The molecular weight excluding hydrogens is 211 g/mol. The molecule has 0 heterocycles. The van der Waals surface area contributed by atoms with E-state index in [0.29, 0.717) is 0 Å². The fourth-order valence-electron chi connectivity index (χ4n) is 0.895. The fraction of sp³-hybridized carbons (Fsp3) is 0.889. The Morgan fingerprint density at radius 1 is 1.33 bits per heavy atom. The van der Waals surface area contributed by atoms with Crippen molar-refractivity contribution in [3.8, 4) is 0 Å². The lowest BCUT2D eigenvalue weighted by Crippen LogP contribution is -2.33. The van der Waals surface area contributed by atoms with Gasteiger partial charge in [-0.2, -0.15) is 13.2 Å². The summed E-state index contributed by atoms with van der Waals surface area (Å²) in [5.41, 5.74) is 0. The van der Waals surface area contributed by atoms with Gasteiger partial charge >= 0.3 is 12.1 Å². The average Bonchev–Trinajstić information content (AvgIpc) is 2.10. The predicted octanol–water partition coefficient (Wildman–Crippen LogP) is 1.87. The molecule has 15 heavy (non-hydrogen) atoms. The average molecular weight is 227 g/mol. The smallest absolute Gasteiger partial charge is 0.401 e. The summed E-state index contributed by atoms with van der Waals surface area (Å²) in [6, 6.07) is 0. The van der Waals surface area contributed by atoms with Gasteiger partial charge < -0.3 is 4.74 Å². The first kappa shape index (κ1) is 14.2. The van der Waals surface area contributed by atoms with Crippen molar-refractivity contribution in [2.75, 3.05) is 19.7 Å². The van der Waals surface area contributed by atoms with E-state index >= 15 is 0 Å². The number of rotatable bonds is 7. The van der Waals surface area contributed by atoms with Crippen molar-refractivity contribution >= 4 is 5.97 Å². The molecule has 0 rings (SSSR count). The minimum absolute atomic E-state index is 0.278. The van der Waals surface area contributed by atoms with Gasteiger partial charge in [0.15, 0.2) is 0 Å². The van der Waals surface area contributed by atoms with Crippen LogP contribution in [0.4, 0.5) is 13.2 Å². The number of carbonyl (C=O) groups excluding carboxylic acids is 1. The van der Waals surface area contributed by atoms with Crippen LogP contribution < -0.4 is 5.32 Å². The van der Waals surface area contributed by atoms with Crippen molar-refractivity contribution < 1.29 is 22.7 Å². The Morgan fingerprint density at radius 2 is 2.00 bits per heavy atom. The van der Waals surface area contributed by atoms with E-state index in [4.69, 9.17) is 4.74 Å². The van der Waals surface area contributed by atoms with E-state index in [1.165, 1.54) is 0 Å². The van der Waals surface area contributed by atoms with Crippen LogP contribution in [0.25, 0.3) is 0 Å². The van der Waals surface area contributed by atoms with E-state index in [0.717, 1.165) is 19.3 Å². The molecular formula is C9H16F3NO2. The zero-order valence-electron chi connectivity index (χ0n) is 8.69. The molecule has 1 N–H and O–H groups in total. The second-order valence-electron chi connectivity index (χ2n) is 3.15. The molecule has 0 aromatic rings. The number of hydrogen-bond donors (Lipinski definition) is 1. The Balaban J connectivity index is 3.34. The standard InChI is InChI=1S/C9H16F3NO2/c1-2-3-4-5-15-8(14)6-13-7-9(10,11)12/h13H,2-7H2,1H3. The Kier molecular flexibility index (Phi) is 7.11. The quantitative estimate of drug-likeness (QED) is 0.533. The van der Waals surface area contributed by atoms with Crippen molar-refractivity contribution in [3.63, 3.8) is 0 Å². The van der Waals surface area contributed by atoms with E-state index in [2.05, 4.69) is 0 Å². The minimum Gasteiger partial charge on any atom is -0.465 e. The van der Waals surface area contributed by atoms with E-state index < -0.39 is 25.2 Å². The summed E-state index contributed by atoms with van der Waals surface area (Å²) in [4.78, 5) is 10.8. The van der Waals surface area contributed by atoms with Gasteiger partial charge in [-0.3, -0.25) is 10.1 Å². The van der Waals surface area contributed by atoms with Crippen LogP contribution in [0, 0.1) is 0 Å². The Labute approximate surface area is 87.0 Å². The van der Waals surface area contributed by atoms with Crippen LogP contribution in [0.2, 0.25) is 0 Å². The van der Waals surface area contributed by atoms with E-state index in [-0.39, 0.29) is 6.61 Å². The first-order valence-electron chi connectivity index (χ1n) is 4.89. The maximum atomic E-state index is 11.6. The Morgan fingerprint density at radius 3 is 2.53 bits per heavy atom. The monoisotopic (exact) mass is 227 g/mol. The zero-order valence-corrected chi connectivity index (χ0v) is 8.69. The first-order chi connectivity index (χ1) is 6.95. The predicted molar refractivity (Wildman–Crippen MR) is 49.4 cm³/mol. The van der Waals surface area contributed by atoms with Crippen LogP contribution in [0.5, 0.6) is 0 Å². The molecule has 0 spiro atoms. The number of unbranched alkanes of at least 4 members (excludes halogenated alkanes) is 2. The summed E-state index contributed by atoms with van der Waals surface area (Å²) < 4.78 is 39.6. The number of alkyl halides is 3. The van der Waals surface area contributed by atoms with E-state index in [1.807, 2.05) is 12.2 Å². The van der Waals surface area contributed by atoms with E-state index in [1.54, 1.807) is 0 Å². The molecule has 0 atom stereocenters. The van der Waals surface area contributed by atoms with Crippen LogP contribution in [-0.4, -0.2) is 31.8 Å². The van der Waals surface area contributed by atoms with Crippen molar-refractivity contribution in [1.29, 1.82) is 0 Å². The van der Waals surface area contributed by atoms with Gasteiger partial charge in [-0.1, -0.05) is 19.8 Å². The van der Waals surface area contributed by atoms with E-state index in [9.17, 15) is 18.0 Å². The summed E-state index contributed by atoms with van der Waals surface area (Å²) in [5, 5.41) is 1.97. The first-order valence-corrected chi connectivity index (χ1v) is 4.89. The lowest BCUT2D eigenvalue weighted by molar-refractivity contribution is -0.144. The molecule has 0 bridgehead atoms. The molecule has 90 valence electrons. The number of carbonyl (C=O) groups is 1. The molecule has 0 aromatic heterocycles. The molecule has 0 unspecified atom stereocenters. The Bertz CT molecular complexity index is 183. The molecule has 0 aromatic carbocycles. The van der Waals surface area contributed by atoms with Crippen LogP contribution in [0.3, 0.4) is 0 Å². The number of ether oxygens (including phenoxy) is 1. The normalized spacial score (nSPS) is 11.5. The highest BCUT2D eigenvalue weighted by Crippen LogP contribution is 2.11. The number of nitrogens with one attached hydrogen (secondary N) is 1. The fourth-order valence-corrected chi connectivity index (χ4v) is 0.895. The number of esters is 1. The molecule has 0 aliphatic carbocycles. The molecule has 0 radical (unpaired) electrons. The van der Waals surface area contributed by atoms with Crippen molar-refractivity contribution in [1.82, 2.24) is 5.32 Å². The molecule has 0 fully saturated rings. The van der Waals surface area contributed by atoms with Crippen molar-refractivity contribution in [3.05, 3.63) is 0 Å². The third-order valence-electron chi connectivity index (χ3n) is 1.61. The highest BCUT2D eigenvalue weighted by Gasteiger charge is 2.26. The zero-order chi connectivity index (χ0) is 11.7. The SMILES string of the molecule is CCCCCOC(=O)CNCC(F)(F)F. The van der Waals surface area contributed by atoms with Gasteiger partial charge in [-0.05, 0) is 6.42 Å². The maximum absolute atomic E-state index is 11.6. The summed E-state index contributed by atoms with van der Waals surface area (Å²) in [6.45, 7) is 0.718. The van der Waals surface area contributed by atoms with Gasteiger partial charge in [-0.15, -0.1) is 0 Å². The topological polar surface area (TPSA) is 38.3 Å². The number of halogens is 3. The molecule has 0 aliphatic heterocycles. The summed E-state index contributed by atoms with van der Waals surface area (Å²) in [6.07, 6.45) is -1.59. The molecule has 0 amide bonds. The highest BCUT2D eigenvalue weighted by molar-refractivity contribution is 5.71. The number of hydrogen-bond acceptors (Lipinski definition) is 3. The minimum atomic E-state index is -4.29. The van der Waals surface area contributed by atoms with Gasteiger partial charge in [0.2, 0.25) is 0 Å². The lowest BCUT2D eigenvalue weighted by atomic mass is 10.3. The van der Waals surface area contributed by atoms with Crippen LogP contribution in [0.1, 0.15) is 26.2 Å². The third kappa shape index (κ3) is 11.1. The summed E-state index contributed by atoms with van der Waals surface area (Å²) >= 11 is 0. The molecule has 0 saturated heterocycles. The molecule has 0 saturated carbocycles. The van der Waals surface area contributed by atoms with Gasteiger partial charge in [0.1, 0.15) is 0 Å². The second-order valence-corrected chi connectivity index (χ2v) is 3.15. The van der Waals surface area contributed by atoms with Crippen LogP contribution >= 0.6 is 0 Å². The molecule has 0 aliphatic rings. The van der Waals surface area contributed by atoms with Gasteiger partial charge in [0.05, 0.1) is 19.7 Å². The lowest BCUT2D eigenvalue weighted by Gasteiger charge is -2.08. The summed E-state index contributed by atoms with van der Waals surface area (Å²) in [7, 11) is 0. The Hall–Kier alpha value is -0.780. The van der Waals surface area contributed by atoms with Crippen LogP contribution in [0.15, 0.2) is 0 Å². The van der Waals surface area contributed by atoms with Crippen molar-refractivity contribution in [2.24, 2.45) is 0 Å². The summed E-state index contributed by atoms with van der Waals surface area (Å²) in [5.74, 6) is -0.643. The van der Waals surface area contributed by atoms with Gasteiger partial charge in [-0.25, -0.2) is 0 Å². The van der Waals surface area contributed by atoms with Gasteiger partial charge in [0, 0.05) is 0 Å². The molecule has 3 nitrogen and oxygen atoms in total. The van der Waals surface area contributed by atoms with Crippen LogP contribution in [-0.2, 0) is 9.53 Å². The second kappa shape index (κ2) is 7.50. The highest BCUT2D eigenvalue weighted by atomic mass is 19.4. The third-order valence-corrected chi connectivity index (χ3v) is 1.61. The van der Waals surface area contributed by atoms with Crippen molar-refractivity contribution in [2.45, 2.75) is 32.4 Å². The maximum Gasteiger partial charge on any atom is 0.401 e. The molecule has 6 heteroatoms. The van der Waals surface area contributed by atoms with Gasteiger partial charge in [0.25, 0.3) is 0 Å². The largest absolute Gasteiger partial charge is 0.465 e.